The minimum atomic E-state index is -0.874. The Kier molecular flexibility index (Phi) is 4.93. The number of phenols is 1. The average Bonchev–Trinajstić information content (AvgIpc) is 2.62. The molecule has 0 unspecified atom stereocenters. The fourth-order valence-corrected chi connectivity index (χ4v) is 2.63. The Labute approximate surface area is 149 Å². The number of nitrogens with zero attached hydrogens (tertiary/aromatic N) is 1. The Balaban J connectivity index is 2.01. The number of amides is 1. The van der Waals surface area contributed by atoms with E-state index in [2.05, 4.69) is 10.3 Å². The number of rotatable bonds is 4. The molecule has 0 aliphatic carbocycles. The molecule has 2 N–H and O–H groups in total. The molecule has 0 saturated carbocycles. The summed E-state index contributed by atoms with van der Waals surface area (Å²) in [5.74, 6) is -1.68. The molecule has 0 saturated heterocycles. The summed E-state index contributed by atoms with van der Waals surface area (Å²) >= 11 is 0. The fraction of sp³-hybridized carbons (Fsp3) is 0.100. The maximum Gasteiger partial charge on any atom is 0.270 e. The molecule has 4 nitrogen and oxygen atoms in total. The molecule has 1 atom stereocenters. The van der Waals surface area contributed by atoms with Crippen molar-refractivity contribution in [2.75, 3.05) is 0 Å². The zero-order valence-corrected chi connectivity index (χ0v) is 13.9. The van der Waals surface area contributed by atoms with Gasteiger partial charge in [0, 0.05) is 11.3 Å². The van der Waals surface area contributed by atoms with Crippen LogP contribution in [0.3, 0.4) is 0 Å². The molecule has 1 aromatic heterocycles. The minimum Gasteiger partial charge on any atom is -0.508 e. The van der Waals surface area contributed by atoms with Gasteiger partial charge in [0.1, 0.15) is 23.1 Å². The quantitative estimate of drug-likeness (QED) is 0.747. The maximum atomic E-state index is 13.7. The first kappa shape index (κ1) is 17.5. The van der Waals surface area contributed by atoms with Crippen molar-refractivity contribution in [3.63, 3.8) is 0 Å². The summed E-state index contributed by atoms with van der Waals surface area (Å²) in [5.41, 5.74) is 1.52. The van der Waals surface area contributed by atoms with Gasteiger partial charge in [-0.3, -0.25) is 4.79 Å². The molecule has 2 aromatic carbocycles. The van der Waals surface area contributed by atoms with Gasteiger partial charge in [-0.05, 0) is 55.0 Å². The Morgan fingerprint density at radius 3 is 2.42 bits per heavy atom. The Bertz CT molecular complexity index is 943. The van der Waals surface area contributed by atoms with E-state index in [0.717, 1.165) is 12.1 Å². The van der Waals surface area contributed by atoms with E-state index in [1.807, 2.05) is 0 Å². The second kappa shape index (κ2) is 7.31. The molecule has 3 aromatic rings. The van der Waals surface area contributed by atoms with Crippen molar-refractivity contribution >= 4 is 5.91 Å². The highest BCUT2D eigenvalue weighted by Crippen LogP contribution is 2.30. The summed E-state index contributed by atoms with van der Waals surface area (Å²) in [6.45, 7) is 1.76. The van der Waals surface area contributed by atoms with Gasteiger partial charge >= 0.3 is 0 Å². The van der Waals surface area contributed by atoms with Crippen LogP contribution in [0.5, 0.6) is 5.75 Å². The summed E-state index contributed by atoms with van der Waals surface area (Å²) in [7, 11) is 0. The van der Waals surface area contributed by atoms with Crippen molar-refractivity contribution in [3.8, 4) is 5.75 Å². The molecule has 0 aliphatic rings. The third-order valence-electron chi connectivity index (χ3n) is 3.90. The van der Waals surface area contributed by atoms with Gasteiger partial charge in [-0.25, -0.2) is 13.8 Å². The second-order valence-electron chi connectivity index (χ2n) is 5.83. The number of aryl methyl sites for hydroxylation is 1. The zero-order chi connectivity index (χ0) is 18.7. The predicted octanol–water partition coefficient (Wildman–Crippen LogP) is 3.89. The maximum absolute atomic E-state index is 13.7. The molecule has 6 heteroatoms. The van der Waals surface area contributed by atoms with Crippen molar-refractivity contribution in [3.05, 3.63) is 94.8 Å². The molecular weight excluding hydrogens is 338 g/mol. The van der Waals surface area contributed by atoms with Gasteiger partial charge in [0.15, 0.2) is 0 Å². The number of benzene rings is 2. The van der Waals surface area contributed by atoms with Crippen LogP contribution in [0.25, 0.3) is 0 Å². The van der Waals surface area contributed by atoms with Crippen LogP contribution >= 0.6 is 0 Å². The van der Waals surface area contributed by atoms with E-state index in [9.17, 15) is 18.7 Å². The molecule has 0 aliphatic heterocycles. The van der Waals surface area contributed by atoms with Crippen LogP contribution in [0.15, 0.2) is 60.7 Å². The number of hydrogen-bond donors (Lipinski definition) is 2. The Morgan fingerprint density at radius 2 is 1.73 bits per heavy atom. The molecule has 1 amide bonds. The highest BCUT2D eigenvalue weighted by molar-refractivity contribution is 5.92. The molecule has 26 heavy (non-hydrogen) atoms. The number of aromatic nitrogens is 1. The second-order valence-corrected chi connectivity index (χ2v) is 5.83. The third-order valence-corrected chi connectivity index (χ3v) is 3.90. The first-order valence-electron chi connectivity index (χ1n) is 7.92. The van der Waals surface area contributed by atoms with Crippen molar-refractivity contribution in [2.45, 2.75) is 13.0 Å². The lowest BCUT2D eigenvalue weighted by Crippen LogP contribution is -2.30. The number of aromatic hydroxyl groups is 1. The van der Waals surface area contributed by atoms with E-state index < -0.39 is 23.6 Å². The summed E-state index contributed by atoms with van der Waals surface area (Å²) < 4.78 is 27.0. The van der Waals surface area contributed by atoms with Crippen LogP contribution in [0.2, 0.25) is 0 Å². The van der Waals surface area contributed by atoms with E-state index in [0.29, 0.717) is 11.3 Å². The van der Waals surface area contributed by atoms with Crippen LogP contribution in [-0.2, 0) is 0 Å². The summed E-state index contributed by atoms with van der Waals surface area (Å²) in [4.78, 5) is 16.8. The summed E-state index contributed by atoms with van der Waals surface area (Å²) in [5, 5.41) is 12.9. The normalized spacial score (nSPS) is 11.8. The number of pyridine rings is 1. The highest BCUT2D eigenvalue weighted by atomic mass is 19.1. The Hall–Kier alpha value is -3.28. The minimum absolute atomic E-state index is 0.164. The van der Waals surface area contributed by atoms with Crippen LogP contribution < -0.4 is 5.32 Å². The summed E-state index contributed by atoms with van der Waals surface area (Å²) in [6.07, 6.45) is 0. The van der Waals surface area contributed by atoms with Crippen molar-refractivity contribution in [1.29, 1.82) is 0 Å². The number of halogens is 2. The molecule has 0 fully saturated rings. The molecule has 1 heterocycles. The predicted molar refractivity (Wildman–Crippen MR) is 92.7 cm³/mol. The van der Waals surface area contributed by atoms with Gasteiger partial charge in [0.2, 0.25) is 0 Å². The molecule has 0 radical (unpaired) electrons. The molecule has 3 rings (SSSR count). The number of carbonyl (C=O) groups excluding carboxylic acids is 1. The first-order valence-corrected chi connectivity index (χ1v) is 7.92. The molecule has 0 spiro atoms. The van der Waals surface area contributed by atoms with Gasteiger partial charge in [-0.1, -0.05) is 18.2 Å². The van der Waals surface area contributed by atoms with Gasteiger partial charge in [-0.2, -0.15) is 0 Å². The van der Waals surface area contributed by atoms with Gasteiger partial charge < -0.3 is 10.4 Å². The Morgan fingerprint density at radius 1 is 1.04 bits per heavy atom. The number of phenolic OH excluding ortho intramolecular Hbond substituents is 1. The molecule has 132 valence electrons. The lowest BCUT2D eigenvalue weighted by molar-refractivity contribution is 0.0937. The molecular formula is C20H16F2N2O2. The summed E-state index contributed by atoms with van der Waals surface area (Å²) in [6, 6.07) is 13.0. The zero-order valence-electron chi connectivity index (χ0n) is 13.9. The highest BCUT2D eigenvalue weighted by Gasteiger charge is 2.22. The first-order chi connectivity index (χ1) is 12.4. The monoisotopic (exact) mass is 354 g/mol. The van der Waals surface area contributed by atoms with Crippen LogP contribution in [0.4, 0.5) is 8.78 Å². The van der Waals surface area contributed by atoms with E-state index in [4.69, 9.17) is 0 Å². The SMILES string of the molecule is Cc1cccc(C(=O)N[C@H](c2ccc(F)cc2)c2cc(F)ccc2O)n1. The van der Waals surface area contributed by atoms with E-state index in [-0.39, 0.29) is 17.0 Å². The van der Waals surface area contributed by atoms with E-state index in [1.54, 1.807) is 25.1 Å². The topological polar surface area (TPSA) is 62.2 Å². The van der Waals surface area contributed by atoms with Gasteiger partial charge in [-0.15, -0.1) is 0 Å². The number of carbonyl (C=O) groups is 1. The van der Waals surface area contributed by atoms with E-state index >= 15 is 0 Å². The van der Waals surface area contributed by atoms with E-state index in [1.165, 1.54) is 30.3 Å². The standard InChI is InChI=1S/C20H16F2N2O2/c1-12-3-2-4-17(23-12)20(26)24-19(13-5-7-14(21)8-6-13)16-11-15(22)9-10-18(16)25/h2-11,19,25H,1H3,(H,24,26)/t19-/m1/s1. The molecule has 0 bridgehead atoms. The van der Waals surface area contributed by atoms with Crippen molar-refractivity contribution < 1.29 is 18.7 Å². The number of nitrogens with one attached hydrogen (secondary N) is 1. The fourth-order valence-electron chi connectivity index (χ4n) is 2.63. The number of hydrogen-bond acceptors (Lipinski definition) is 3. The van der Waals surface area contributed by atoms with Gasteiger partial charge in [0.25, 0.3) is 5.91 Å². The van der Waals surface area contributed by atoms with Crippen LogP contribution in [0, 0.1) is 18.6 Å². The average molecular weight is 354 g/mol. The van der Waals surface area contributed by atoms with Crippen molar-refractivity contribution in [1.82, 2.24) is 10.3 Å². The lowest BCUT2D eigenvalue weighted by atomic mass is 9.97. The van der Waals surface area contributed by atoms with Crippen LogP contribution in [0.1, 0.15) is 33.4 Å². The third kappa shape index (κ3) is 3.85. The largest absolute Gasteiger partial charge is 0.508 e. The van der Waals surface area contributed by atoms with Gasteiger partial charge in [0.05, 0.1) is 6.04 Å². The van der Waals surface area contributed by atoms with Crippen molar-refractivity contribution in [2.24, 2.45) is 0 Å². The van der Waals surface area contributed by atoms with Crippen LogP contribution in [-0.4, -0.2) is 16.0 Å². The lowest BCUT2D eigenvalue weighted by Gasteiger charge is -2.21. The smallest absolute Gasteiger partial charge is 0.270 e.